The van der Waals surface area contributed by atoms with Crippen molar-refractivity contribution in [1.29, 1.82) is 0 Å². The number of hydrogen-bond acceptors (Lipinski definition) is 3. The van der Waals surface area contributed by atoms with E-state index < -0.39 is 12.5 Å². The van der Waals surface area contributed by atoms with E-state index in [4.69, 9.17) is 0 Å². The average Bonchev–Trinajstić information content (AvgIpc) is 3.18. The van der Waals surface area contributed by atoms with Gasteiger partial charge in [-0.3, -0.25) is 9.48 Å². The lowest BCUT2D eigenvalue weighted by Crippen LogP contribution is -2.15. The Morgan fingerprint density at radius 3 is 2.46 bits per heavy atom. The third-order valence-corrected chi connectivity index (χ3v) is 3.91. The molecule has 6 nitrogen and oxygen atoms in total. The van der Waals surface area contributed by atoms with E-state index >= 15 is 0 Å². The molecule has 0 fully saturated rings. The smallest absolute Gasteiger partial charge is 0.317 e. The Morgan fingerprint density at radius 1 is 1.15 bits per heavy atom. The molecule has 3 aromatic rings. The lowest BCUT2D eigenvalue weighted by molar-refractivity contribution is 0.0561. The maximum atomic E-state index is 13.0. The molecule has 9 heteroatoms. The molecule has 0 saturated carbocycles. The van der Waals surface area contributed by atoms with Crippen molar-refractivity contribution in [2.24, 2.45) is 0 Å². The van der Waals surface area contributed by atoms with Gasteiger partial charge in [-0.05, 0) is 37.6 Å². The van der Waals surface area contributed by atoms with Crippen molar-refractivity contribution >= 4 is 11.6 Å². The standard InChI is InChI=1S/C17H16F3N5O/c1-10-15(21-16(26)14-7-8-24(23-14)17(19)20)11(2)25(22-10)9-12-3-5-13(18)6-4-12/h3-8,17H,9H2,1-2H3,(H,21,26). The molecule has 0 radical (unpaired) electrons. The fourth-order valence-electron chi connectivity index (χ4n) is 2.54. The highest BCUT2D eigenvalue weighted by atomic mass is 19.3. The molecule has 0 aliphatic heterocycles. The van der Waals surface area contributed by atoms with E-state index in [-0.39, 0.29) is 11.5 Å². The summed E-state index contributed by atoms with van der Waals surface area (Å²) in [6, 6.07) is 7.25. The normalized spacial score (nSPS) is 11.2. The number of halogens is 3. The average molecular weight is 363 g/mol. The van der Waals surface area contributed by atoms with E-state index in [9.17, 15) is 18.0 Å². The van der Waals surface area contributed by atoms with Gasteiger partial charge in [0.25, 0.3) is 5.91 Å². The summed E-state index contributed by atoms with van der Waals surface area (Å²) in [5.74, 6) is -0.921. The van der Waals surface area contributed by atoms with Gasteiger partial charge in [0.1, 0.15) is 5.82 Å². The summed E-state index contributed by atoms with van der Waals surface area (Å²) in [7, 11) is 0. The molecule has 0 aliphatic carbocycles. The van der Waals surface area contributed by atoms with Gasteiger partial charge in [0.05, 0.1) is 23.6 Å². The molecule has 0 bridgehead atoms. The van der Waals surface area contributed by atoms with Crippen molar-refractivity contribution in [1.82, 2.24) is 19.6 Å². The number of benzene rings is 1. The van der Waals surface area contributed by atoms with E-state index in [0.29, 0.717) is 28.3 Å². The van der Waals surface area contributed by atoms with Crippen LogP contribution < -0.4 is 5.32 Å². The minimum Gasteiger partial charge on any atom is -0.317 e. The molecular formula is C17H16F3N5O. The molecule has 0 atom stereocenters. The molecule has 136 valence electrons. The first-order valence-corrected chi connectivity index (χ1v) is 7.78. The number of rotatable bonds is 5. The molecule has 0 aliphatic rings. The second kappa shape index (κ2) is 7.03. The number of nitrogens with zero attached hydrogens (tertiary/aromatic N) is 4. The highest BCUT2D eigenvalue weighted by molar-refractivity contribution is 6.03. The van der Waals surface area contributed by atoms with Crippen molar-refractivity contribution in [2.45, 2.75) is 26.9 Å². The molecule has 2 heterocycles. The van der Waals surface area contributed by atoms with Crippen molar-refractivity contribution in [2.75, 3.05) is 5.32 Å². The van der Waals surface area contributed by atoms with Crippen molar-refractivity contribution in [3.8, 4) is 0 Å². The number of carbonyl (C=O) groups excluding carboxylic acids is 1. The van der Waals surface area contributed by atoms with Gasteiger partial charge in [-0.1, -0.05) is 12.1 Å². The zero-order valence-electron chi connectivity index (χ0n) is 14.1. The third kappa shape index (κ3) is 3.61. The van der Waals surface area contributed by atoms with Crippen molar-refractivity contribution in [3.05, 3.63) is 65.0 Å². The zero-order chi connectivity index (χ0) is 18.8. The monoisotopic (exact) mass is 363 g/mol. The second-order valence-corrected chi connectivity index (χ2v) is 5.74. The molecule has 1 amide bonds. The van der Waals surface area contributed by atoms with Gasteiger partial charge in [-0.25, -0.2) is 9.07 Å². The summed E-state index contributed by atoms with van der Waals surface area (Å²) < 4.78 is 40.2. The van der Waals surface area contributed by atoms with Crippen LogP contribution in [0.5, 0.6) is 0 Å². The molecular weight excluding hydrogens is 347 g/mol. The van der Waals surface area contributed by atoms with E-state index in [1.165, 1.54) is 18.2 Å². The minimum absolute atomic E-state index is 0.115. The first kappa shape index (κ1) is 17.7. The van der Waals surface area contributed by atoms with Crippen LogP contribution in [0.15, 0.2) is 36.5 Å². The van der Waals surface area contributed by atoms with Crippen LogP contribution in [0.25, 0.3) is 0 Å². The number of carbonyl (C=O) groups is 1. The van der Waals surface area contributed by atoms with Gasteiger partial charge in [-0.15, -0.1) is 0 Å². The van der Waals surface area contributed by atoms with Gasteiger partial charge in [-0.2, -0.15) is 19.0 Å². The Bertz CT molecular complexity index is 931. The summed E-state index contributed by atoms with van der Waals surface area (Å²) in [5, 5.41) is 10.6. The maximum Gasteiger partial charge on any atom is 0.333 e. The second-order valence-electron chi connectivity index (χ2n) is 5.74. The van der Waals surface area contributed by atoms with Crippen LogP contribution >= 0.6 is 0 Å². The highest BCUT2D eigenvalue weighted by Gasteiger charge is 2.18. The van der Waals surface area contributed by atoms with Gasteiger partial charge in [0, 0.05) is 6.20 Å². The van der Waals surface area contributed by atoms with Crippen LogP contribution in [0.4, 0.5) is 18.9 Å². The van der Waals surface area contributed by atoms with Gasteiger partial charge < -0.3 is 5.32 Å². The summed E-state index contributed by atoms with van der Waals surface area (Å²) in [6.45, 7) is 1.10. The van der Waals surface area contributed by atoms with Crippen LogP contribution in [0.3, 0.4) is 0 Å². The third-order valence-electron chi connectivity index (χ3n) is 3.91. The Balaban J connectivity index is 1.78. The molecule has 0 spiro atoms. The number of hydrogen-bond donors (Lipinski definition) is 1. The topological polar surface area (TPSA) is 64.7 Å². The molecule has 1 aromatic carbocycles. The van der Waals surface area contributed by atoms with Gasteiger partial charge >= 0.3 is 6.55 Å². The van der Waals surface area contributed by atoms with Crippen LogP contribution in [0.2, 0.25) is 0 Å². The number of nitrogens with one attached hydrogen (secondary N) is 1. The lowest BCUT2D eigenvalue weighted by Gasteiger charge is -2.06. The fourth-order valence-corrected chi connectivity index (χ4v) is 2.54. The van der Waals surface area contributed by atoms with Crippen LogP contribution in [-0.2, 0) is 6.54 Å². The fraction of sp³-hybridized carbons (Fsp3) is 0.235. The number of alkyl halides is 2. The molecule has 26 heavy (non-hydrogen) atoms. The number of anilines is 1. The van der Waals surface area contributed by atoms with Crippen LogP contribution in [-0.4, -0.2) is 25.5 Å². The van der Waals surface area contributed by atoms with Crippen molar-refractivity contribution < 1.29 is 18.0 Å². The molecule has 3 rings (SSSR count). The Hall–Kier alpha value is -3.10. The highest BCUT2D eigenvalue weighted by Crippen LogP contribution is 2.21. The zero-order valence-corrected chi connectivity index (χ0v) is 14.1. The first-order valence-electron chi connectivity index (χ1n) is 7.78. The molecule has 0 unspecified atom stereocenters. The largest absolute Gasteiger partial charge is 0.333 e. The Labute approximate surface area is 147 Å². The number of amides is 1. The molecule has 2 aromatic heterocycles. The van der Waals surface area contributed by atoms with E-state index in [1.54, 1.807) is 30.7 Å². The van der Waals surface area contributed by atoms with Crippen LogP contribution in [0, 0.1) is 19.7 Å². The van der Waals surface area contributed by atoms with Gasteiger partial charge in [0.2, 0.25) is 0 Å². The van der Waals surface area contributed by atoms with E-state index in [1.807, 2.05) is 0 Å². The molecule has 1 N–H and O–H groups in total. The van der Waals surface area contributed by atoms with E-state index in [0.717, 1.165) is 11.8 Å². The van der Waals surface area contributed by atoms with Gasteiger partial charge in [0.15, 0.2) is 5.69 Å². The Kier molecular flexibility index (Phi) is 4.79. The number of aryl methyl sites for hydroxylation is 1. The summed E-state index contributed by atoms with van der Waals surface area (Å²) in [6.07, 6.45) is 1.04. The summed E-state index contributed by atoms with van der Waals surface area (Å²) >= 11 is 0. The predicted octanol–water partition coefficient (Wildman–Crippen LogP) is 3.53. The number of aromatic nitrogens is 4. The maximum absolute atomic E-state index is 13.0. The van der Waals surface area contributed by atoms with Crippen LogP contribution in [0.1, 0.15) is 34.0 Å². The first-order chi connectivity index (χ1) is 12.3. The van der Waals surface area contributed by atoms with E-state index in [2.05, 4.69) is 15.5 Å². The van der Waals surface area contributed by atoms with Crippen molar-refractivity contribution in [3.63, 3.8) is 0 Å². The predicted molar refractivity (Wildman–Crippen MR) is 88.6 cm³/mol. The lowest BCUT2D eigenvalue weighted by atomic mass is 10.2. The minimum atomic E-state index is -2.81. The summed E-state index contributed by atoms with van der Waals surface area (Å²) in [5.41, 5.74) is 2.49. The quantitative estimate of drug-likeness (QED) is 0.754. The Morgan fingerprint density at radius 2 is 1.85 bits per heavy atom. The molecule has 0 saturated heterocycles. The SMILES string of the molecule is Cc1nn(Cc2ccc(F)cc2)c(C)c1NC(=O)c1ccn(C(F)F)n1. The summed E-state index contributed by atoms with van der Waals surface area (Å²) in [4.78, 5) is 12.2.